The predicted molar refractivity (Wildman–Crippen MR) is 81.3 cm³/mol. The van der Waals surface area contributed by atoms with Gasteiger partial charge in [-0.25, -0.2) is 0 Å². The molecule has 0 radical (unpaired) electrons. The summed E-state index contributed by atoms with van der Waals surface area (Å²) < 4.78 is 0. The molecule has 4 aliphatic carbocycles. The largest absolute Gasteiger partial charge is 0.299 e. The van der Waals surface area contributed by atoms with Crippen LogP contribution < -0.4 is 0 Å². The third kappa shape index (κ3) is 1.53. The molecule has 4 aliphatic rings. The Bertz CT molecular complexity index is 464. The van der Waals surface area contributed by atoms with Gasteiger partial charge < -0.3 is 0 Å². The molecule has 3 saturated carbocycles. The maximum Gasteiger partial charge on any atom is 0.139 e. The minimum Gasteiger partial charge on any atom is -0.299 e. The Balaban J connectivity index is 1.72. The minimum atomic E-state index is 0.0172. The van der Waals surface area contributed by atoms with E-state index in [0.29, 0.717) is 23.0 Å². The lowest BCUT2D eigenvalue weighted by Gasteiger charge is -2.57. The SMILES string of the molecule is C[C@]12CCCC[C@H]1C=C[C@@H]1[C@@H]2CC[C@]2(C)C(=O)CC[C@@H]12. The van der Waals surface area contributed by atoms with Gasteiger partial charge in [0.2, 0.25) is 0 Å². The summed E-state index contributed by atoms with van der Waals surface area (Å²) >= 11 is 0. The lowest BCUT2D eigenvalue weighted by molar-refractivity contribution is -0.132. The van der Waals surface area contributed by atoms with E-state index in [9.17, 15) is 4.79 Å². The number of hydrogen-bond donors (Lipinski definition) is 0. The van der Waals surface area contributed by atoms with Crippen molar-refractivity contribution in [2.24, 2.45) is 34.5 Å². The number of rotatable bonds is 0. The molecule has 3 fully saturated rings. The van der Waals surface area contributed by atoms with E-state index in [1.54, 1.807) is 0 Å². The number of carbonyl (C=O) groups is 1. The Morgan fingerprint density at radius 3 is 2.70 bits per heavy atom. The highest BCUT2D eigenvalue weighted by Gasteiger charge is 2.58. The molecule has 0 aromatic carbocycles. The van der Waals surface area contributed by atoms with E-state index in [2.05, 4.69) is 26.0 Å². The number of allylic oxidation sites excluding steroid dienone is 2. The molecule has 0 aromatic heterocycles. The third-order valence-corrected chi connectivity index (χ3v) is 7.78. The topological polar surface area (TPSA) is 17.1 Å². The van der Waals surface area contributed by atoms with Gasteiger partial charge in [-0.3, -0.25) is 4.79 Å². The monoisotopic (exact) mass is 272 g/mol. The fourth-order valence-corrected chi connectivity index (χ4v) is 6.43. The van der Waals surface area contributed by atoms with E-state index in [1.807, 2.05) is 0 Å². The Kier molecular flexibility index (Phi) is 2.76. The minimum absolute atomic E-state index is 0.0172. The molecular weight excluding hydrogens is 244 g/mol. The van der Waals surface area contributed by atoms with Crippen LogP contribution in [-0.4, -0.2) is 5.78 Å². The van der Waals surface area contributed by atoms with Crippen molar-refractivity contribution in [3.05, 3.63) is 12.2 Å². The van der Waals surface area contributed by atoms with Crippen LogP contribution in [0, 0.1) is 34.5 Å². The number of fused-ring (bicyclic) bond motifs is 5. The van der Waals surface area contributed by atoms with Crippen molar-refractivity contribution in [1.82, 2.24) is 0 Å². The van der Waals surface area contributed by atoms with E-state index >= 15 is 0 Å². The smallest absolute Gasteiger partial charge is 0.139 e. The molecule has 6 atom stereocenters. The van der Waals surface area contributed by atoms with Crippen LogP contribution in [0.1, 0.15) is 65.2 Å². The molecule has 20 heavy (non-hydrogen) atoms. The van der Waals surface area contributed by atoms with Gasteiger partial charge in [0.25, 0.3) is 0 Å². The lowest BCUT2D eigenvalue weighted by atomic mass is 9.47. The normalized spacial score (nSPS) is 54.2. The van der Waals surface area contributed by atoms with Crippen LogP contribution in [0.15, 0.2) is 12.2 Å². The van der Waals surface area contributed by atoms with Gasteiger partial charge in [-0.05, 0) is 61.2 Å². The average molecular weight is 272 g/mol. The summed E-state index contributed by atoms with van der Waals surface area (Å²) in [6.45, 7) is 4.84. The molecule has 0 aliphatic heterocycles. The van der Waals surface area contributed by atoms with Crippen molar-refractivity contribution < 1.29 is 4.79 Å². The Morgan fingerprint density at radius 2 is 1.85 bits per heavy atom. The summed E-state index contributed by atoms with van der Waals surface area (Å²) in [7, 11) is 0. The van der Waals surface area contributed by atoms with Crippen molar-refractivity contribution in [3.8, 4) is 0 Å². The highest BCUT2D eigenvalue weighted by atomic mass is 16.1. The zero-order valence-corrected chi connectivity index (χ0v) is 13.0. The maximum absolute atomic E-state index is 12.3. The van der Waals surface area contributed by atoms with Crippen LogP contribution in [0.5, 0.6) is 0 Å². The molecule has 1 heteroatoms. The van der Waals surface area contributed by atoms with Crippen molar-refractivity contribution in [1.29, 1.82) is 0 Å². The first kappa shape index (κ1) is 13.1. The van der Waals surface area contributed by atoms with Gasteiger partial charge in [0, 0.05) is 11.8 Å². The van der Waals surface area contributed by atoms with Gasteiger partial charge in [0.1, 0.15) is 5.78 Å². The average Bonchev–Trinajstić information content (AvgIpc) is 2.74. The van der Waals surface area contributed by atoms with Crippen LogP contribution in [0.2, 0.25) is 0 Å². The predicted octanol–water partition coefficient (Wildman–Crippen LogP) is 4.76. The van der Waals surface area contributed by atoms with Crippen LogP contribution in [0.4, 0.5) is 0 Å². The van der Waals surface area contributed by atoms with Crippen molar-refractivity contribution in [3.63, 3.8) is 0 Å². The van der Waals surface area contributed by atoms with E-state index in [0.717, 1.165) is 31.1 Å². The standard InChI is InChI=1S/C19H28O/c1-18-11-4-3-5-13(18)6-7-14-15-8-9-17(20)19(15,2)12-10-16(14)18/h6-7,13-16H,3-5,8-12H2,1-2H3/t13-,14-,15-,16-,18-,19-/m0/s1. The molecule has 110 valence electrons. The Labute approximate surface area is 123 Å². The molecule has 0 bridgehead atoms. The van der Waals surface area contributed by atoms with Crippen LogP contribution in [0.25, 0.3) is 0 Å². The maximum atomic E-state index is 12.3. The molecular formula is C19H28O. The van der Waals surface area contributed by atoms with Gasteiger partial charge in [0.15, 0.2) is 0 Å². The van der Waals surface area contributed by atoms with Crippen molar-refractivity contribution in [2.45, 2.75) is 65.2 Å². The summed E-state index contributed by atoms with van der Waals surface area (Å²) in [4.78, 5) is 12.3. The van der Waals surface area contributed by atoms with Crippen LogP contribution in [-0.2, 0) is 4.79 Å². The van der Waals surface area contributed by atoms with Gasteiger partial charge >= 0.3 is 0 Å². The van der Waals surface area contributed by atoms with E-state index < -0.39 is 0 Å². The second-order valence-corrected chi connectivity index (χ2v) is 8.45. The first-order valence-electron chi connectivity index (χ1n) is 8.77. The Hall–Kier alpha value is -0.590. The molecule has 4 rings (SSSR count). The van der Waals surface area contributed by atoms with Gasteiger partial charge in [0.05, 0.1) is 0 Å². The molecule has 0 spiro atoms. The van der Waals surface area contributed by atoms with Gasteiger partial charge in [-0.15, -0.1) is 0 Å². The Morgan fingerprint density at radius 1 is 1.00 bits per heavy atom. The summed E-state index contributed by atoms with van der Waals surface area (Å²) in [6, 6.07) is 0. The van der Waals surface area contributed by atoms with E-state index in [-0.39, 0.29) is 5.41 Å². The second kappa shape index (κ2) is 4.21. The summed E-state index contributed by atoms with van der Waals surface area (Å²) in [5.74, 6) is 3.57. The fraction of sp³-hybridized carbons (Fsp3) is 0.842. The number of hydrogen-bond acceptors (Lipinski definition) is 1. The van der Waals surface area contributed by atoms with Crippen molar-refractivity contribution >= 4 is 5.78 Å². The molecule has 0 aromatic rings. The third-order valence-electron chi connectivity index (χ3n) is 7.78. The van der Waals surface area contributed by atoms with E-state index in [1.165, 1.54) is 32.1 Å². The number of ketones is 1. The fourth-order valence-electron chi connectivity index (χ4n) is 6.43. The zero-order valence-electron chi connectivity index (χ0n) is 13.0. The molecule has 0 heterocycles. The first-order chi connectivity index (χ1) is 9.56. The highest BCUT2D eigenvalue weighted by molar-refractivity contribution is 5.87. The van der Waals surface area contributed by atoms with Gasteiger partial charge in [-0.1, -0.05) is 38.8 Å². The first-order valence-corrected chi connectivity index (χ1v) is 8.77. The molecule has 0 saturated heterocycles. The van der Waals surface area contributed by atoms with Crippen LogP contribution in [0.3, 0.4) is 0 Å². The van der Waals surface area contributed by atoms with Crippen LogP contribution >= 0.6 is 0 Å². The zero-order chi connectivity index (χ0) is 14.0. The molecule has 0 amide bonds. The molecule has 0 N–H and O–H groups in total. The lowest BCUT2D eigenvalue weighted by Crippen LogP contribution is -2.50. The summed E-state index contributed by atoms with van der Waals surface area (Å²) in [5, 5.41) is 0. The summed E-state index contributed by atoms with van der Waals surface area (Å²) in [6.07, 6.45) is 15.2. The number of Topliss-reactive ketones (excluding diaryl/α,β-unsaturated/α-hetero) is 1. The number of carbonyl (C=O) groups excluding carboxylic acids is 1. The second-order valence-electron chi connectivity index (χ2n) is 8.45. The summed E-state index contributed by atoms with van der Waals surface area (Å²) in [5.41, 5.74) is 0.550. The van der Waals surface area contributed by atoms with Crippen molar-refractivity contribution in [2.75, 3.05) is 0 Å². The highest BCUT2D eigenvalue weighted by Crippen LogP contribution is 2.63. The quantitative estimate of drug-likeness (QED) is 0.581. The molecule has 0 unspecified atom stereocenters. The van der Waals surface area contributed by atoms with E-state index in [4.69, 9.17) is 0 Å². The van der Waals surface area contributed by atoms with Gasteiger partial charge in [-0.2, -0.15) is 0 Å². The molecule has 1 nitrogen and oxygen atoms in total.